The zero-order valence-electron chi connectivity index (χ0n) is 50.5. The van der Waals surface area contributed by atoms with E-state index in [0.29, 0.717) is 0 Å². The topological polar surface area (TPSA) is 35.6 Å². The minimum absolute atomic E-state index is 0.0795. The van der Waals surface area contributed by atoms with E-state index in [1.54, 1.807) is 0 Å². The Labute approximate surface area is 523 Å². The van der Waals surface area contributed by atoms with E-state index in [4.69, 9.17) is 9.97 Å². The van der Waals surface area contributed by atoms with Gasteiger partial charge in [0.05, 0.1) is 44.5 Å². The van der Waals surface area contributed by atoms with Crippen LogP contribution in [0.3, 0.4) is 0 Å². The van der Waals surface area contributed by atoms with Crippen LogP contribution >= 0.6 is 0 Å². The molecule has 0 unspecified atom stereocenters. The van der Waals surface area contributed by atoms with Crippen LogP contribution in [0, 0.1) is 0 Å². The third kappa shape index (κ3) is 7.94. The Morgan fingerprint density at radius 1 is 0.233 bits per heavy atom. The summed E-state index contributed by atoms with van der Waals surface area (Å²) >= 11 is 0. The molecule has 0 radical (unpaired) electrons. The van der Waals surface area contributed by atoms with Crippen LogP contribution in [0.15, 0.2) is 291 Å². The number of para-hydroxylation sites is 4. The Hall–Kier alpha value is -11.2. The van der Waals surface area contributed by atoms with Crippen molar-refractivity contribution < 1.29 is 0 Å². The molecular formula is C86H60N4. The molecular weight excluding hydrogens is 1090 g/mol. The summed E-state index contributed by atoms with van der Waals surface area (Å²) in [6.07, 6.45) is 0. The van der Waals surface area contributed by atoms with Crippen molar-refractivity contribution in [3.05, 3.63) is 313 Å². The Kier molecular flexibility index (Phi) is 11.3. The molecule has 4 heteroatoms. The van der Waals surface area contributed by atoms with Crippen LogP contribution in [0.5, 0.6) is 0 Å². The average molecular weight is 1150 g/mol. The second-order valence-electron chi connectivity index (χ2n) is 25.7. The van der Waals surface area contributed by atoms with Crippen LogP contribution in [0.4, 0.5) is 0 Å². The fourth-order valence-electron chi connectivity index (χ4n) is 15.3. The van der Waals surface area contributed by atoms with Gasteiger partial charge in [-0.15, -0.1) is 0 Å². The first-order chi connectivity index (χ1) is 44.1. The van der Waals surface area contributed by atoms with E-state index in [-0.39, 0.29) is 10.8 Å². The molecule has 0 fully saturated rings. The maximum Gasteiger partial charge on any atom is 0.0973 e. The zero-order valence-corrected chi connectivity index (χ0v) is 50.5. The smallest absolute Gasteiger partial charge is 0.0973 e. The summed E-state index contributed by atoms with van der Waals surface area (Å²) < 4.78 is 4.82. The second-order valence-corrected chi connectivity index (χ2v) is 25.7. The van der Waals surface area contributed by atoms with E-state index in [9.17, 15) is 0 Å². The van der Waals surface area contributed by atoms with E-state index in [2.05, 4.69) is 316 Å². The Morgan fingerprint density at radius 2 is 0.511 bits per heavy atom. The maximum atomic E-state index is 5.37. The SMILES string of the molecule is CC1(C)c2ccccc2-c2ccc(-c3ccc4c(c3)c3cc(-c5ccc(-c6nc7ccccc7nc6-c6ccc(-c7ccc8c(c7)c7cc(-c9ccc%10c(c9)C(C)(C)c9ccccc9-%10)ccc7n8-c7ccccc7)cc6)cc5)ccc3n4-c3ccccc3)cc21. The fourth-order valence-corrected chi connectivity index (χ4v) is 15.3. The first-order valence-electron chi connectivity index (χ1n) is 31.4. The van der Waals surface area contributed by atoms with Crippen LogP contribution in [-0.4, -0.2) is 19.1 Å². The van der Waals surface area contributed by atoms with Crippen LogP contribution < -0.4 is 0 Å². The van der Waals surface area contributed by atoms with Gasteiger partial charge in [-0.25, -0.2) is 9.97 Å². The largest absolute Gasteiger partial charge is 0.309 e. The molecule has 18 rings (SSSR count). The van der Waals surface area contributed by atoms with Crippen molar-refractivity contribution in [2.24, 2.45) is 0 Å². The van der Waals surface area contributed by atoms with E-state index in [1.165, 1.54) is 110 Å². The summed E-state index contributed by atoms with van der Waals surface area (Å²) in [5.41, 5.74) is 32.6. The molecule has 3 heterocycles. The van der Waals surface area contributed by atoms with Gasteiger partial charge in [-0.1, -0.05) is 222 Å². The summed E-state index contributed by atoms with van der Waals surface area (Å²) in [6.45, 7) is 9.43. The Morgan fingerprint density at radius 3 is 0.889 bits per heavy atom. The molecule has 3 aromatic heterocycles. The lowest BCUT2D eigenvalue weighted by atomic mass is 9.81. The molecule has 4 nitrogen and oxygen atoms in total. The lowest BCUT2D eigenvalue weighted by Gasteiger charge is -2.22. The number of hydrogen-bond donors (Lipinski definition) is 0. The quantitative estimate of drug-likeness (QED) is 0.152. The highest BCUT2D eigenvalue weighted by Gasteiger charge is 2.37. The minimum atomic E-state index is -0.0795. The maximum absolute atomic E-state index is 5.37. The highest BCUT2D eigenvalue weighted by Crippen LogP contribution is 2.52. The molecule has 0 saturated carbocycles. The monoisotopic (exact) mass is 1150 g/mol. The number of benzene rings is 13. The fraction of sp³-hybridized carbons (Fsp3) is 0.0698. The number of rotatable bonds is 8. The standard InChI is InChI=1S/C86H60N4/c1-85(2)73-23-13-11-21-65(73)67-41-35-61(51-75(67)85)59-39-45-81-71(49-59)69-47-57(37-43-79(69)89(81)63-17-7-5-8-18-63)53-27-31-55(32-28-53)83-84(88-78-26-16-15-25-77(78)87-83)56-33-29-54(30-34-56)58-38-44-80-70(48-58)72-50-60(40-46-82(72)90(80)64-19-9-6-10-20-64)62-36-42-68-66-22-12-14-24-74(66)86(3,4)76(68)52-62/h5-52H,1-4H3. The number of hydrogen-bond acceptors (Lipinski definition) is 2. The third-order valence-corrected chi connectivity index (χ3v) is 19.9. The lowest BCUT2D eigenvalue weighted by molar-refractivity contribution is 0.660. The molecule has 0 N–H and O–H groups in total. The number of aromatic nitrogens is 4. The molecule has 0 bridgehead atoms. The van der Waals surface area contributed by atoms with Crippen LogP contribution in [0.2, 0.25) is 0 Å². The summed E-state index contributed by atoms with van der Waals surface area (Å²) in [5, 5.41) is 4.88. The zero-order chi connectivity index (χ0) is 60.0. The molecule has 2 aliphatic carbocycles. The van der Waals surface area contributed by atoms with Gasteiger partial charge in [-0.3, -0.25) is 0 Å². The molecule has 0 aliphatic heterocycles. The summed E-state index contributed by atoms with van der Waals surface area (Å²) in [6, 6.07) is 107. The highest BCUT2D eigenvalue weighted by molar-refractivity contribution is 6.13. The summed E-state index contributed by atoms with van der Waals surface area (Å²) in [5.74, 6) is 0. The van der Waals surface area contributed by atoms with Crippen LogP contribution in [0.1, 0.15) is 49.9 Å². The molecule has 13 aromatic carbocycles. The molecule has 16 aromatic rings. The van der Waals surface area contributed by atoms with Gasteiger partial charge in [0, 0.05) is 54.9 Å². The van der Waals surface area contributed by atoms with E-state index in [1.807, 2.05) is 12.1 Å². The van der Waals surface area contributed by atoms with Crippen molar-refractivity contribution in [1.29, 1.82) is 0 Å². The molecule has 424 valence electrons. The first-order valence-corrected chi connectivity index (χ1v) is 31.4. The van der Waals surface area contributed by atoms with Gasteiger partial charge >= 0.3 is 0 Å². The predicted molar refractivity (Wildman–Crippen MR) is 376 cm³/mol. The van der Waals surface area contributed by atoms with E-state index >= 15 is 0 Å². The van der Waals surface area contributed by atoms with Gasteiger partial charge in [0.2, 0.25) is 0 Å². The van der Waals surface area contributed by atoms with Gasteiger partial charge in [0.1, 0.15) is 0 Å². The van der Waals surface area contributed by atoms with Crippen molar-refractivity contribution in [2.45, 2.75) is 38.5 Å². The Bertz CT molecular complexity index is 5280. The molecule has 2 aliphatic rings. The van der Waals surface area contributed by atoms with Gasteiger partial charge in [-0.2, -0.15) is 0 Å². The molecule has 0 amide bonds. The summed E-state index contributed by atoms with van der Waals surface area (Å²) in [4.78, 5) is 10.7. The predicted octanol–water partition coefficient (Wildman–Crippen LogP) is 22.4. The van der Waals surface area contributed by atoms with Crippen LogP contribution in [-0.2, 0) is 10.8 Å². The minimum Gasteiger partial charge on any atom is -0.309 e. The molecule has 90 heavy (non-hydrogen) atoms. The molecule has 0 spiro atoms. The van der Waals surface area contributed by atoms with Gasteiger partial charge in [-0.05, 0) is 186 Å². The lowest BCUT2D eigenvalue weighted by Crippen LogP contribution is -2.14. The van der Waals surface area contributed by atoms with Crippen molar-refractivity contribution in [1.82, 2.24) is 19.1 Å². The van der Waals surface area contributed by atoms with Crippen LogP contribution in [0.25, 0.3) is 155 Å². The van der Waals surface area contributed by atoms with E-state index < -0.39 is 0 Å². The first kappa shape index (κ1) is 52.0. The Balaban J connectivity index is 0.696. The number of nitrogens with zero attached hydrogens (tertiary/aromatic N) is 4. The van der Waals surface area contributed by atoms with Crippen molar-refractivity contribution >= 4 is 54.6 Å². The number of fused-ring (bicyclic) bond motifs is 13. The normalized spacial score (nSPS) is 13.5. The third-order valence-electron chi connectivity index (χ3n) is 19.9. The van der Waals surface area contributed by atoms with E-state index in [0.717, 1.165) is 67.2 Å². The van der Waals surface area contributed by atoms with Crippen molar-refractivity contribution in [2.75, 3.05) is 0 Å². The molecule has 0 atom stereocenters. The van der Waals surface area contributed by atoms with Crippen molar-refractivity contribution in [3.8, 4) is 101 Å². The molecule has 0 saturated heterocycles. The van der Waals surface area contributed by atoms with Gasteiger partial charge < -0.3 is 9.13 Å². The van der Waals surface area contributed by atoms with Gasteiger partial charge in [0.25, 0.3) is 0 Å². The average Bonchev–Trinajstić information content (AvgIpc) is 1.64. The van der Waals surface area contributed by atoms with Crippen molar-refractivity contribution in [3.63, 3.8) is 0 Å². The summed E-state index contributed by atoms with van der Waals surface area (Å²) in [7, 11) is 0. The highest BCUT2D eigenvalue weighted by atomic mass is 15.0. The second kappa shape index (κ2) is 19.7. The van der Waals surface area contributed by atoms with Gasteiger partial charge in [0.15, 0.2) is 0 Å².